The van der Waals surface area contributed by atoms with Crippen LogP contribution in [-0.4, -0.2) is 5.91 Å². The molecule has 1 N–H and O–H groups in total. The van der Waals surface area contributed by atoms with Crippen LogP contribution in [0.5, 0.6) is 0 Å². The normalized spacial score (nSPS) is 23.7. The topological polar surface area (TPSA) is 29.1 Å². The zero-order valence-electron chi connectivity index (χ0n) is 8.26. The van der Waals surface area contributed by atoms with Crippen molar-refractivity contribution < 1.29 is 9.18 Å². The lowest BCUT2D eigenvalue weighted by atomic mass is 10.2. The molecule has 1 amide bonds. The number of carbonyl (C=O) groups is 1. The van der Waals surface area contributed by atoms with E-state index in [9.17, 15) is 9.18 Å². The summed E-state index contributed by atoms with van der Waals surface area (Å²) >= 11 is 5.59. The van der Waals surface area contributed by atoms with Crippen molar-refractivity contribution >= 4 is 23.2 Å². The Labute approximate surface area is 92.4 Å². The van der Waals surface area contributed by atoms with Gasteiger partial charge < -0.3 is 5.32 Å². The molecule has 15 heavy (non-hydrogen) atoms. The average molecular weight is 228 g/mol. The standard InChI is InChI=1S/C11H11ClFNO/c1-6-4-8(6)11(15)14-7-2-3-10(13)9(12)5-7/h2-3,5-6,8H,4H2,1H3,(H,14,15)/t6-,8-/m1/s1. The second kappa shape index (κ2) is 3.81. The van der Waals surface area contributed by atoms with E-state index in [1.54, 1.807) is 0 Å². The lowest BCUT2D eigenvalue weighted by Gasteiger charge is -2.04. The van der Waals surface area contributed by atoms with Crippen LogP contribution in [0.2, 0.25) is 5.02 Å². The van der Waals surface area contributed by atoms with E-state index in [0.29, 0.717) is 11.6 Å². The molecule has 1 aliphatic carbocycles. The van der Waals surface area contributed by atoms with Crippen LogP contribution in [0.3, 0.4) is 0 Å². The van der Waals surface area contributed by atoms with E-state index in [-0.39, 0.29) is 16.8 Å². The second-order valence-electron chi connectivity index (χ2n) is 3.94. The Kier molecular flexibility index (Phi) is 2.65. The lowest BCUT2D eigenvalue weighted by molar-refractivity contribution is -0.117. The Morgan fingerprint density at radius 2 is 2.27 bits per heavy atom. The molecular weight excluding hydrogens is 217 g/mol. The number of carbonyl (C=O) groups excluding carboxylic acids is 1. The lowest BCUT2D eigenvalue weighted by Crippen LogP contribution is -2.14. The number of amides is 1. The predicted molar refractivity (Wildman–Crippen MR) is 57.3 cm³/mol. The summed E-state index contributed by atoms with van der Waals surface area (Å²) in [6.45, 7) is 2.03. The Balaban J connectivity index is 2.04. The third-order valence-electron chi connectivity index (χ3n) is 2.63. The van der Waals surface area contributed by atoms with Gasteiger partial charge in [0.1, 0.15) is 5.82 Å². The third-order valence-corrected chi connectivity index (χ3v) is 2.92. The molecule has 80 valence electrons. The van der Waals surface area contributed by atoms with Crippen molar-refractivity contribution in [3.8, 4) is 0 Å². The zero-order chi connectivity index (χ0) is 11.0. The van der Waals surface area contributed by atoms with Gasteiger partial charge in [-0.05, 0) is 30.5 Å². The molecule has 0 unspecified atom stereocenters. The zero-order valence-corrected chi connectivity index (χ0v) is 9.01. The molecule has 0 saturated heterocycles. The van der Waals surface area contributed by atoms with Crippen LogP contribution in [0.25, 0.3) is 0 Å². The van der Waals surface area contributed by atoms with Crippen molar-refractivity contribution in [1.29, 1.82) is 0 Å². The number of anilines is 1. The smallest absolute Gasteiger partial charge is 0.227 e. The van der Waals surface area contributed by atoms with Crippen LogP contribution in [0.1, 0.15) is 13.3 Å². The Morgan fingerprint density at radius 3 is 2.80 bits per heavy atom. The van der Waals surface area contributed by atoms with Gasteiger partial charge in [-0.25, -0.2) is 4.39 Å². The summed E-state index contributed by atoms with van der Waals surface area (Å²) in [5.74, 6) is 0.0781. The highest BCUT2D eigenvalue weighted by Crippen LogP contribution is 2.38. The number of rotatable bonds is 2. The molecule has 2 nitrogen and oxygen atoms in total. The second-order valence-corrected chi connectivity index (χ2v) is 4.34. The van der Waals surface area contributed by atoms with Crippen molar-refractivity contribution in [2.75, 3.05) is 5.32 Å². The molecule has 0 bridgehead atoms. The monoisotopic (exact) mass is 227 g/mol. The molecule has 1 aromatic rings. The number of hydrogen-bond acceptors (Lipinski definition) is 1. The summed E-state index contributed by atoms with van der Waals surface area (Å²) in [6, 6.07) is 4.17. The fourth-order valence-corrected chi connectivity index (χ4v) is 1.68. The number of halogens is 2. The van der Waals surface area contributed by atoms with Gasteiger partial charge in [-0.15, -0.1) is 0 Å². The highest BCUT2D eigenvalue weighted by Gasteiger charge is 2.39. The molecule has 2 atom stereocenters. The van der Waals surface area contributed by atoms with Crippen molar-refractivity contribution in [3.05, 3.63) is 29.0 Å². The van der Waals surface area contributed by atoms with E-state index < -0.39 is 5.82 Å². The summed E-state index contributed by atoms with van der Waals surface area (Å²) in [5.41, 5.74) is 0.547. The first kappa shape index (κ1) is 10.4. The van der Waals surface area contributed by atoms with Crippen LogP contribution in [0, 0.1) is 17.7 Å². The van der Waals surface area contributed by atoms with Crippen LogP contribution in [0.4, 0.5) is 10.1 Å². The van der Waals surface area contributed by atoms with Crippen molar-refractivity contribution in [2.24, 2.45) is 11.8 Å². The fraction of sp³-hybridized carbons (Fsp3) is 0.364. The van der Waals surface area contributed by atoms with Crippen LogP contribution >= 0.6 is 11.6 Å². The SMILES string of the molecule is C[C@@H]1C[C@H]1C(=O)Nc1ccc(F)c(Cl)c1. The quantitative estimate of drug-likeness (QED) is 0.827. The Hall–Kier alpha value is -1.09. The molecule has 1 aromatic carbocycles. The van der Waals surface area contributed by atoms with Gasteiger partial charge in [0, 0.05) is 11.6 Å². The van der Waals surface area contributed by atoms with E-state index >= 15 is 0 Å². The molecule has 2 rings (SSSR count). The summed E-state index contributed by atoms with van der Waals surface area (Å²) in [5, 5.41) is 2.74. The average Bonchev–Trinajstić information content (AvgIpc) is 2.89. The van der Waals surface area contributed by atoms with Gasteiger partial charge in [0.05, 0.1) is 5.02 Å². The maximum absolute atomic E-state index is 12.8. The van der Waals surface area contributed by atoms with E-state index in [1.165, 1.54) is 18.2 Å². The summed E-state index contributed by atoms with van der Waals surface area (Å²) < 4.78 is 12.8. The van der Waals surface area contributed by atoms with Gasteiger partial charge in [-0.2, -0.15) is 0 Å². The van der Waals surface area contributed by atoms with Crippen LogP contribution in [0.15, 0.2) is 18.2 Å². The molecule has 4 heteroatoms. The fourth-order valence-electron chi connectivity index (χ4n) is 1.50. The largest absolute Gasteiger partial charge is 0.326 e. The van der Waals surface area contributed by atoms with Gasteiger partial charge in [0.2, 0.25) is 5.91 Å². The molecule has 0 heterocycles. The minimum absolute atomic E-state index is 0.00910. The first-order valence-electron chi connectivity index (χ1n) is 4.84. The highest BCUT2D eigenvalue weighted by molar-refractivity contribution is 6.31. The third kappa shape index (κ3) is 2.29. The van der Waals surface area contributed by atoms with Crippen molar-refractivity contribution in [3.63, 3.8) is 0 Å². The van der Waals surface area contributed by atoms with Gasteiger partial charge in [0.25, 0.3) is 0 Å². The first-order valence-corrected chi connectivity index (χ1v) is 5.21. The van der Waals surface area contributed by atoms with E-state index in [1.807, 2.05) is 6.92 Å². The molecular formula is C11H11ClFNO. The van der Waals surface area contributed by atoms with E-state index in [2.05, 4.69) is 5.32 Å². The minimum atomic E-state index is -0.477. The predicted octanol–water partition coefficient (Wildman–Crippen LogP) is 3.07. The molecule has 0 radical (unpaired) electrons. The van der Waals surface area contributed by atoms with Crippen molar-refractivity contribution in [1.82, 2.24) is 0 Å². The highest BCUT2D eigenvalue weighted by atomic mass is 35.5. The molecule has 0 aromatic heterocycles. The molecule has 1 saturated carbocycles. The Bertz CT molecular complexity index is 408. The van der Waals surface area contributed by atoms with Gasteiger partial charge in [-0.1, -0.05) is 18.5 Å². The number of hydrogen-bond donors (Lipinski definition) is 1. The Morgan fingerprint density at radius 1 is 1.60 bits per heavy atom. The summed E-state index contributed by atoms with van der Waals surface area (Å²) in [7, 11) is 0. The van der Waals surface area contributed by atoms with Crippen LogP contribution in [-0.2, 0) is 4.79 Å². The number of nitrogens with one attached hydrogen (secondary N) is 1. The molecule has 0 spiro atoms. The summed E-state index contributed by atoms with van der Waals surface area (Å²) in [6.07, 6.45) is 0.931. The molecule has 0 aliphatic heterocycles. The van der Waals surface area contributed by atoms with Gasteiger partial charge >= 0.3 is 0 Å². The number of benzene rings is 1. The van der Waals surface area contributed by atoms with Gasteiger partial charge in [-0.3, -0.25) is 4.79 Å². The molecule has 1 aliphatic rings. The van der Waals surface area contributed by atoms with Crippen molar-refractivity contribution in [2.45, 2.75) is 13.3 Å². The molecule has 1 fully saturated rings. The maximum atomic E-state index is 12.8. The minimum Gasteiger partial charge on any atom is -0.326 e. The maximum Gasteiger partial charge on any atom is 0.227 e. The van der Waals surface area contributed by atoms with Crippen LogP contribution < -0.4 is 5.32 Å². The van der Waals surface area contributed by atoms with Gasteiger partial charge in [0.15, 0.2) is 0 Å². The summed E-state index contributed by atoms with van der Waals surface area (Å²) in [4.78, 5) is 11.5. The first-order chi connectivity index (χ1) is 7.08. The van der Waals surface area contributed by atoms with E-state index in [4.69, 9.17) is 11.6 Å². The van der Waals surface area contributed by atoms with E-state index in [0.717, 1.165) is 6.42 Å².